The van der Waals surface area contributed by atoms with Gasteiger partial charge in [0.05, 0.1) is 12.3 Å². The van der Waals surface area contributed by atoms with Crippen molar-refractivity contribution in [3.8, 4) is 23.6 Å². The lowest BCUT2D eigenvalue weighted by atomic mass is 10.2. The van der Waals surface area contributed by atoms with Crippen LogP contribution in [0.3, 0.4) is 0 Å². The lowest BCUT2D eigenvalue weighted by Crippen LogP contribution is -2.24. The molecule has 3 aromatic rings. The molecule has 3 rings (SSSR count). The summed E-state index contributed by atoms with van der Waals surface area (Å²) in [5, 5.41) is 11.9. The van der Waals surface area contributed by atoms with Gasteiger partial charge in [-0.2, -0.15) is 5.26 Å². The molecule has 29 heavy (non-hydrogen) atoms. The van der Waals surface area contributed by atoms with Gasteiger partial charge in [-0.1, -0.05) is 18.2 Å². The SMILES string of the molecule is CCOc1nc(C(=O)NCc2ccc(Oc3ccccn3)cc2)cc(N)c1C#N. The monoisotopic (exact) mass is 389 g/mol. The van der Waals surface area contributed by atoms with Crippen LogP contribution in [0.25, 0.3) is 0 Å². The van der Waals surface area contributed by atoms with Crippen molar-refractivity contribution in [2.24, 2.45) is 0 Å². The molecule has 0 saturated carbocycles. The van der Waals surface area contributed by atoms with Gasteiger partial charge in [0.2, 0.25) is 11.8 Å². The number of nitrogens with zero attached hydrogens (tertiary/aromatic N) is 3. The number of anilines is 1. The van der Waals surface area contributed by atoms with E-state index in [1.165, 1.54) is 6.07 Å². The third kappa shape index (κ3) is 4.99. The fourth-order valence-corrected chi connectivity index (χ4v) is 2.49. The summed E-state index contributed by atoms with van der Waals surface area (Å²) in [5.41, 5.74) is 7.07. The summed E-state index contributed by atoms with van der Waals surface area (Å²) in [6.45, 7) is 2.35. The molecule has 0 fully saturated rings. The predicted molar refractivity (Wildman–Crippen MR) is 106 cm³/mol. The number of rotatable bonds is 7. The Morgan fingerprint density at radius 1 is 1.24 bits per heavy atom. The first-order valence-corrected chi connectivity index (χ1v) is 8.90. The highest BCUT2D eigenvalue weighted by Crippen LogP contribution is 2.23. The Hall–Kier alpha value is -4.12. The fourth-order valence-electron chi connectivity index (χ4n) is 2.49. The highest BCUT2D eigenvalue weighted by molar-refractivity contribution is 5.93. The average Bonchev–Trinajstić information content (AvgIpc) is 2.74. The topological polar surface area (TPSA) is 123 Å². The lowest BCUT2D eigenvalue weighted by molar-refractivity contribution is 0.0945. The molecule has 1 amide bonds. The van der Waals surface area contributed by atoms with Gasteiger partial charge in [-0.3, -0.25) is 4.79 Å². The number of nitriles is 1. The molecule has 0 radical (unpaired) electrons. The summed E-state index contributed by atoms with van der Waals surface area (Å²) in [6.07, 6.45) is 1.65. The molecule has 0 aliphatic heterocycles. The van der Waals surface area contributed by atoms with Crippen LogP contribution in [0.1, 0.15) is 28.5 Å². The molecule has 2 heterocycles. The second kappa shape index (κ2) is 9.19. The molecule has 0 aliphatic rings. The second-order valence-electron chi connectivity index (χ2n) is 5.92. The van der Waals surface area contributed by atoms with E-state index in [4.69, 9.17) is 20.5 Å². The van der Waals surface area contributed by atoms with Gasteiger partial charge in [-0.25, -0.2) is 9.97 Å². The standard InChI is InChI=1S/C21H19N5O3/c1-2-28-21-16(12-22)17(23)11-18(26-21)20(27)25-13-14-6-8-15(9-7-14)29-19-5-3-4-10-24-19/h3-11H,2,13H2,1H3,(H2,23,26)(H,25,27). The first-order chi connectivity index (χ1) is 14.1. The van der Waals surface area contributed by atoms with E-state index >= 15 is 0 Å². The van der Waals surface area contributed by atoms with E-state index in [2.05, 4.69) is 15.3 Å². The largest absolute Gasteiger partial charge is 0.477 e. The van der Waals surface area contributed by atoms with Crippen LogP contribution in [0.15, 0.2) is 54.7 Å². The molecule has 0 saturated heterocycles. The van der Waals surface area contributed by atoms with Crippen molar-refractivity contribution < 1.29 is 14.3 Å². The van der Waals surface area contributed by atoms with E-state index in [1.54, 1.807) is 31.3 Å². The molecule has 2 aromatic heterocycles. The van der Waals surface area contributed by atoms with Crippen LogP contribution in [0.5, 0.6) is 17.5 Å². The average molecular weight is 389 g/mol. The van der Waals surface area contributed by atoms with E-state index in [1.807, 2.05) is 30.3 Å². The van der Waals surface area contributed by atoms with Gasteiger partial charge in [-0.05, 0) is 36.8 Å². The molecule has 8 nitrogen and oxygen atoms in total. The van der Waals surface area contributed by atoms with Crippen LogP contribution in [0.4, 0.5) is 5.69 Å². The first-order valence-electron chi connectivity index (χ1n) is 8.90. The van der Waals surface area contributed by atoms with Crippen molar-refractivity contribution in [2.45, 2.75) is 13.5 Å². The second-order valence-corrected chi connectivity index (χ2v) is 5.92. The minimum absolute atomic E-state index is 0.0520. The molecular formula is C21H19N5O3. The Morgan fingerprint density at radius 2 is 2.03 bits per heavy atom. The smallest absolute Gasteiger partial charge is 0.270 e. The van der Waals surface area contributed by atoms with Gasteiger partial charge >= 0.3 is 0 Å². The van der Waals surface area contributed by atoms with E-state index in [0.717, 1.165) is 5.56 Å². The number of amides is 1. The van der Waals surface area contributed by atoms with Crippen molar-refractivity contribution >= 4 is 11.6 Å². The number of carbonyl (C=O) groups is 1. The summed E-state index contributed by atoms with van der Waals surface area (Å²) in [4.78, 5) is 20.6. The maximum atomic E-state index is 12.4. The number of ether oxygens (including phenoxy) is 2. The van der Waals surface area contributed by atoms with Gasteiger partial charge in [-0.15, -0.1) is 0 Å². The Balaban J connectivity index is 1.64. The molecule has 146 valence electrons. The minimum atomic E-state index is -0.420. The zero-order valence-corrected chi connectivity index (χ0v) is 15.8. The molecule has 1 aromatic carbocycles. The number of nitrogen functional groups attached to an aromatic ring is 1. The highest BCUT2D eigenvalue weighted by Gasteiger charge is 2.16. The van der Waals surface area contributed by atoms with E-state index in [0.29, 0.717) is 18.2 Å². The fraction of sp³-hybridized carbons (Fsp3) is 0.143. The van der Waals surface area contributed by atoms with E-state index < -0.39 is 5.91 Å². The van der Waals surface area contributed by atoms with Crippen molar-refractivity contribution in [1.29, 1.82) is 5.26 Å². The van der Waals surface area contributed by atoms with Gasteiger partial charge in [0.15, 0.2) is 0 Å². The number of hydrogen-bond acceptors (Lipinski definition) is 7. The van der Waals surface area contributed by atoms with Crippen molar-refractivity contribution in [3.05, 3.63) is 71.5 Å². The summed E-state index contributed by atoms with van der Waals surface area (Å²) in [6, 6.07) is 16.0. The third-order valence-electron chi connectivity index (χ3n) is 3.88. The van der Waals surface area contributed by atoms with Crippen molar-refractivity contribution in [2.75, 3.05) is 12.3 Å². The van der Waals surface area contributed by atoms with E-state index in [9.17, 15) is 4.79 Å². The Morgan fingerprint density at radius 3 is 2.69 bits per heavy atom. The molecule has 0 atom stereocenters. The van der Waals surface area contributed by atoms with Crippen LogP contribution in [0, 0.1) is 11.3 Å². The van der Waals surface area contributed by atoms with E-state index in [-0.39, 0.29) is 29.4 Å². The molecule has 3 N–H and O–H groups in total. The number of hydrogen-bond donors (Lipinski definition) is 2. The van der Waals surface area contributed by atoms with Crippen LogP contribution in [0.2, 0.25) is 0 Å². The Bertz CT molecular complexity index is 1030. The quantitative estimate of drug-likeness (QED) is 0.636. The predicted octanol–water partition coefficient (Wildman–Crippen LogP) is 3.05. The number of aromatic nitrogens is 2. The third-order valence-corrected chi connectivity index (χ3v) is 3.88. The Labute approximate surface area is 167 Å². The minimum Gasteiger partial charge on any atom is -0.477 e. The summed E-state index contributed by atoms with van der Waals surface area (Å²) >= 11 is 0. The molecular weight excluding hydrogens is 370 g/mol. The zero-order valence-electron chi connectivity index (χ0n) is 15.8. The molecule has 0 aliphatic carbocycles. The van der Waals surface area contributed by atoms with Crippen molar-refractivity contribution in [3.63, 3.8) is 0 Å². The Kier molecular flexibility index (Phi) is 6.22. The van der Waals surface area contributed by atoms with Crippen LogP contribution >= 0.6 is 0 Å². The number of carbonyl (C=O) groups excluding carboxylic acids is 1. The number of benzene rings is 1. The van der Waals surface area contributed by atoms with Gasteiger partial charge < -0.3 is 20.5 Å². The first kappa shape index (κ1) is 19.6. The summed E-state index contributed by atoms with van der Waals surface area (Å²) in [7, 11) is 0. The maximum Gasteiger partial charge on any atom is 0.270 e. The number of pyridine rings is 2. The van der Waals surface area contributed by atoms with Gasteiger partial charge in [0.1, 0.15) is 23.1 Å². The van der Waals surface area contributed by atoms with Gasteiger partial charge in [0, 0.05) is 18.8 Å². The van der Waals surface area contributed by atoms with Crippen LogP contribution in [-0.2, 0) is 6.54 Å². The lowest BCUT2D eigenvalue weighted by Gasteiger charge is -2.10. The van der Waals surface area contributed by atoms with Crippen LogP contribution < -0.4 is 20.5 Å². The molecule has 8 heteroatoms. The normalized spacial score (nSPS) is 10.1. The number of nitrogens with two attached hydrogens (primary N) is 1. The van der Waals surface area contributed by atoms with Crippen LogP contribution in [-0.4, -0.2) is 22.5 Å². The van der Waals surface area contributed by atoms with Crippen molar-refractivity contribution in [1.82, 2.24) is 15.3 Å². The molecule has 0 spiro atoms. The maximum absolute atomic E-state index is 12.4. The summed E-state index contributed by atoms with van der Waals surface area (Å²) in [5.74, 6) is 0.775. The summed E-state index contributed by atoms with van der Waals surface area (Å²) < 4.78 is 10.9. The molecule has 0 bridgehead atoms. The highest BCUT2D eigenvalue weighted by atomic mass is 16.5. The zero-order chi connectivity index (χ0) is 20.6. The molecule has 0 unspecified atom stereocenters. The number of nitrogens with one attached hydrogen (secondary N) is 1. The van der Waals surface area contributed by atoms with Gasteiger partial charge in [0.25, 0.3) is 5.91 Å².